The highest BCUT2D eigenvalue weighted by Crippen LogP contribution is 2.14. The largest absolute Gasteiger partial charge is 0.358 e. The Balaban J connectivity index is 2.50. The van der Waals surface area contributed by atoms with E-state index < -0.39 is 0 Å². The maximum absolute atomic E-state index is 11.3. The molecule has 1 rings (SSSR count). The smallest absolute Gasteiger partial charge is 0.236 e. The molecule has 0 heterocycles. The molecule has 0 aromatic heterocycles. The molecule has 1 unspecified atom stereocenters. The summed E-state index contributed by atoms with van der Waals surface area (Å²) in [6.45, 7) is 6.94. The van der Waals surface area contributed by atoms with Crippen LogP contribution in [0.2, 0.25) is 0 Å². The van der Waals surface area contributed by atoms with Crippen molar-refractivity contribution in [1.29, 1.82) is 0 Å². The highest BCUT2D eigenvalue weighted by atomic mass is 16.2. The standard InChI is InChI=1S/C14H22N2O/c1-10(2)13-7-5-12(6-8-13)9-16-11(3)14(17)15-4/h5-8,10-11,16H,9H2,1-4H3,(H,15,17). The minimum absolute atomic E-state index is 0.0174. The zero-order valence-electron chi connectivity index (χ0n) is 11.1. The van der Waals surface area contributed by atoms with E-state index in [1.54, 1.807) is 7.05 Å². The Labute approximate surface area is 104 Å². The van der Waals surface area contributed by atoms with E-state index in [9.17, 15) is 4.79 Å². The Morgan fingerprint density at radius 3 is 2.24 bits per heavy atom. The second kappa shape index (κ2) is 6.40. The zero-order chi connectivity index (χ0) is 12.8. The van der Waals surface area contributed by atoms with Gasteiger partial charge < -0.3 is 10.6 Å². The molecule has 94 valence electrons. The van der Waals surface area contributed by atoms with Crippen LogP contribution in [0.1, 0.15) is 37.8 Å². The van der Waals surface area contributed by atoms with E-state index in [0.717, 1.165) is 0 Å². The molecule has 0 radical (unpaired) electrons. The van der Waals surface area contributed by atoms with Crippen LogP contribution in [0.15, 0.2) is 24.3 Å². The maximum Gasteiger partial charge on any atom is 0.236 e. The van der Waals surface area contributed by atoms with E-state index in [1.807, 2.05) is 6.92 Å². The summed E-state index contributed by atoms with van der Waals surface area (Å²) < 4.78 is 0. The van der Waals surface area contributed by atoms with Crippen molar-refractivity contribution in [3.63, 3.8) is 0 Å². The molecule has 1 atom stereocenters. The normalized spacial score (nSPS) is 12.5. The first-order chi connectivity index (χ1) is 8.04. The molecule has 2 N–H and O–H groups in total. The van der Waals surface area contributed by atoms with Gasteiger partial charge in [0.15, 0.2) is 0 Å². The Morgan fingerprint density at radius 2 is 1.76 bits per heavy atom. The van der Waals surface area contributed by atoms with Crippen molar-refractivity contribution in [2.24, 2.45) is 0 Å². The number of rotatable bonds is 5. The number of carbonyl (C=O) groups is 1. The molecule has 1 aromatic carbocycles. The molecule has 0 saturated carbocycles. The Kier molecular flexibility index (Phi) is 5.16. The molecule has 3 nitrogen and oxygen atoms in total. The lowest BCUT2D eigenvalue weighted by molar-refractivity contribution is -0.122. The molecule has 3 heteroatoms. The van der Waals surface area contributed by atoms with Gasteiger partial charge in [-0.3, -0.25) is 4.79 Å². The molecule has 0 aliphatic carbocycles. The van der Waals surface area contributed by atoms with Gasteiger partial charge in [0.1, 0.15) is 0 Å². The third kappa shape index (κ3) is 4.19. The second-order valence-electron chi connectivity index (χ2n) is 4.61. The predicted octanol–water partition coefficient (Wildman–Crippen LogP) is 2.03. The van der Waals surface area contributed by atoms with Crippen LogP contribution in [0.25, 0.3) is 0 Å². The summed E-state index contributed by atoms with van der Waals surface area (Å²) in [7, 11) is 1.65. The van der Waals surface area contributed by atoms with Crippen molar-refractivity contribution < 1.29 is 4.79 Å². The summed E-state index contributed by atoms with van der Waals surface area (Å²) in [5, 5.41) is 5.81. The van der Waals surface area contributed by atoms with Gasteiger partial charge in [-0.15, -0.1) is 0 Å². The Hall–Kier alpha value is -1.35. The van der Waals surface area contributed by atoms with Gasteiger partial charge in [0.25, 0.3) is 0 Å². The average Bonchev–Trinajstić information content (AvgIpc) is 2.35. The molecule has 0 aliphatic rings. The van der Waals surface area contributed by atoms with Gasteiger partial charge in [-0.25, -0.2) is 0 Å². The minimum Gasteiger partial charge on any atom is -0.358 e. The summed E-state index contributed by atoms with van der Waals surface area (Å²) in [4.78, 5) is 11.3. The highest BCUT2D eigenvalue weighted by molar-refractivity contribution is 5.80. The van der Waals surface area contributed by atoms with E-state index in [4.69, 9.17) is 0 Å². The van der Waals surface area contributed by atoms with E-state index in [-0.39, 0.29) is 11.9 Å². The first-order valence-corrected chi connectivity index (χ1v) is 6.08. The van der Waals surface area contributed by atoms with E-state index in [0.29, 0.717) is 12.5 Å². The predicted molar refractivity (Wildman–Crippen MR) is 70.9 cm³/mol. The fraction of sp³-hybridized carbons (Fsp3) is 0.500. The SMILES string of the molecule is CNC(=O)C(C)NCc1ccc(C(C)C)cc1. The van der Waals surface area contributed by atoms with Gasteiger partial charge in [0.2, 0.25) is 5.91 Å². The molecule has 1 amide bonds. The topological polar surface area (TPSA) is 41.1 Å². The summed E-state index contributed by atoms with van der Waals surface area (Å²) in [6.07, 6.45) is 0. The number of nitrogens with one attached hydrogen (secondary N) is 2. The first-order valence-electron chi connectivity index (χ1n) is 6.08. The summed E-state index contributed by atoms with van der Waals surface area (Å²) in [5.74, 6) is 0.575. The lowest BCUT2D eigenvalue weighted by atomic mass is 10.0. The Morgan fingerprint density at radius 1 is 1.18 bits per heavy atom. The van der Waals surface area contributed by atoms with Crippen LogP contribution in [0.5, 0.6) is 0 Å². The first kappa shape index (κ1) is 13.7. The van der Waals surface area contributed by atoms with Crippen LogP contribution >= 0.6 is 0 Å². The molecule has 0 aliphatic heterocycles. The van der Waals surface area contributed by atoms with Crippen LogP contribution in [0.3, 0.4) is 0 Å². The molecule has 1 aromatic rings. The molecular weight excluding hydrogens is 212 g/mol. The number of hydrogen-bond donors (Lipinski definition) is 2. The lowest BCUT2D eigenvalue weighted by Crippen LogP contribution is -2.40. The fourth-order valence-corrected chi connectivity index (χ4v) is 1.60. The number of amides is 1. The van der Waals surface area contributed by atoms with Crippen molar-refractivity contribution >= 4 is 5.91 Å². The van der Waals surface area contributed by atoms with Crippen LogP contribution in [-0.2, 0) is 11.3 Å². The van der Waals surface area contributed by atoms with Gasteiger partial charge in [0, 0.05) is 13.6 Å². The zero-order valence-corrected chi connectivity index (χ0v) is 11.1. The quantitative estimate of drug-likeness (QED) is 0.818. The van der Waals surface area contributed by atoms with E-state index >= 15 is 0 Å². The van der Waals surface area contributed by atoms with Crippen LogP contribution < -0.4 is 10.6 Å². The summed E-state index contributed by atoms with van der Waals surface area (Å²) >= 11 is 0. The van der Waals surface area contributed by atoms with Crippen molar-refractivity contribution in [2.75, 3.05) is 7.05 Å². The van der Waals surface area contributed by atoms with Crippen molar-refractivity contribution in [1.82, 2.24) is 10.6 Å². The fourth-order valence-electron chi connectivity index (χ4n) is 1.60. The molecule has 17 heavy (non-hydrogen) atoms. The third-order valence-corrected chi connectivity index (χ3v) is 2.90. The van der Waals surface area contributed by atoms with E-state index in [1.165, 1.54) is 11.1 Å². The van der Waals surface area contributed by atoms with Crippen LogP contribution in [0, 0.1) is 0 Å². The van der Waals surface area contributed by atoms with Crippen molar-refractivity contribution in [3.8, 4) is 0 Å². The van der Waals surface area contributed by atoms with E-state index in [2.05, 4.69) is 48.7 Å². The summed E-state index contributed by atoms with van der Waals surface area (Å²) in [6, 6.07) is 8.35. The number of benzene rings is 1. The average molecular weight is 234 g/mol. The lowest BCUT2D eigenvalue weighted by Gasteiger charge is -2.12. The number of hydrogen-bond acceptors (Lipinski definition) is 2. The van der Waals surface area contributed by atoms with Gasteiger partial charge in [-0.2, -0.15) is 0 Å². The molecule has 0 fully saturated rings. The monoisotopic (exact) mass is 234 g/mol. The molecule has 0 bridgehead atoms. The van der Waals surface area contributed by atoms with Gasteiger partial charge >= 0.3 is 0 Å². The van der Waals surface area contributed by atoms with Gasteiger partial charge in [0.05, 0.1) is 6.04 Å². The van der Waals surface area contributed by atoms with Crippen LogP contribution in [0.4, 0.5) is 0 Å². The van der Waals surface area contributed by atoms with Crippen molar-refractivity contribution in [3.05, 3.63) is 35.4 Å². The summed E-state index contributed by atoms with van der Waals surface area (Å²) in [5.41, 5.74) is 2.54. The number of carbonyl (C=O) groups excluding carboxylic acids is 1. The third-order valence-electron chi connectivity index (χ3n) is 2.90. The van der Waals surface area contributed by atoms with Gasteiger partial charge in [-0.05, 0) is 24.0 Å². The number of likely N-dealkylation sites (N-methyl/N-ethyl adjacent to an activating group) is 1. The molecule has 0 spiro atoms. The maximum atomic E-state index is 11.3. The second-order valence-corrected chi connectivity index (χ2v) is 4.61. The van der Waals surface area contributed by atoms with Crippen molar-refractivity contribution in [2.45, 2.75) is 39.3 Å². The minimum atomic E-state index is -0.162. The van der Waals surface area contributed by atoms with Crippen LogP contribution in [-0.4, -0.2) is 19.0 Å². The molecule has 0 saturated heterocycles. The molecular formula is C14H22N2O. The highest BCUT2D eigenvalue weighted by Gasteiger charge is 2.09. The van der Waals surface area contributed by atoms with Gasteiger partial charge in [-0.1, -0.05) is 38.1 Å². The Bertz CT molecular complexity index is 357.